The first-order valence-electron chi connectivity index (χ1n) is 7.01. The van der Waals surface area contributed by atoms with E-state index in [1.807, 2.05) is 18.2 Å². The van der Waals surface area contributed by atoms with Gasteiger partial charge in [-0.05, 0) is 29.8 Å². The van der Waals surface area contributed by atoms with Crippen LogP contribution in [0.3, 0.4) is 0 Å². The fourth-order valence-corrected chi connectivity index (χ4v) is 2.42. The first kappa shape index (κ1) is 13.4. The number of nitrogens with zero attached hydrogens (tertiary/aromatic N) is 1. The molecule has 0 aliphatic carbocycles. The smallest absolute Gasteiger partial charge is 0.274 e. The zero-order valence-electron chi connectivity index (χ0n) is 12.3. The van der Waals surface area contributed by atoms with E-state index in [4.69, 9.17) is 4.74 Å². The summed E-state index contributed by atoms with van der Waals surface area (Å²) in [6.07, 6.45) is 0. The third kappa shape index (κ3) is 2.97. The molecular weight excluding hydrogens is 260 g/mol. The first-order valence-corrected chi connectivity index (χ1v) is 7.01. The molecule has 0 bridgehead atoms. The lowest BCUT2D eigenvalue weighted by Crippen LogP contribution is -2.24. The molecule has 0 unspecified atom stereocenters. The minimum absolute atomic E-state index is 0.846. The molecule has 2 aromatic carbocycles. The van der Waals surface area contributed by atoms with Gasteiger partial charge in [0.25, 0.3) is 5.82 Å². The lowest BCUT2D eigenvalue weighted by atomic mass is 10.2. The Balaban J connectivity index is 1.80. The molecule has 0 saturated carbocycles. The number of aromatic nitrogens is 1. The van der Waals surface area contributed by atoms with Crippen LogP contribution in [0.15, 0.2) is 60.7 Å². The summed E-state index contributed by atoms with van der Waals surface area (Å²) in [6, 6.07) is 20.7. The van der Waals surface area contributed by atoms with Crippen molar-refractivity contribution in [2.45, 2.75) is 6.54 Å². The van der Waals surface area contributed by atoms with Gasteiger partial charge in [0.15, 0.2) is 0 Å². The van der Waals surface area contributed by atoms with Gasteiger partial charge in [-0.3, -0.25) is 4.90 Å². The predicted molar refractivity (Wildman–Crippen MR) is 85.6 cm³/mol. The molecule has 3 aromatic rings. The SMILES string of the molecule is COc1ccc(CN(C)c2ccc3ccccc3[nH+]2)cc1. The number of anilines is 1. The fourth-order valence-electron chi connectivity index (χ4n) is 2.42. The van der Waals surface area contributed by atoms with Crippen LogP contribution in [-0.2, 0) is 6.54 Å². The number of benzene rings is 2. The number of hydrogen-bond acceptors (Lipinski definition) is 2. The third-order valence-electron chi connectivity index (χ3n) is 3.63. The van der Waals surface area contributed by atoms with Crippen molar-refractivity contribution in [2.24, 2.45) is 0 Å². The molecule has 3 nitrogen and oxygen atoms in total. The highest BCUT2D eigenvalue weighted by Crippen LogP contribution is 2.16. The number of methoxy groups -OCH3 is 1. The monoisotopic (exact) mass is 279 g/mol. The van der Waals surface area contributed by atoms with Gasteiger partial charge < -0.3 is 4.74 Å². The van der Waals surface area contributed by atoms with Gasteiger partial charge in [0.05, 0.1) is 14.2 Å². The first-order chi connectivity index (χ1) is 10.3. The summed E-state index contributed by atoms with van der Waals surface area (Å²) in [4.78, 5) is 5.67. The lowest BCUT2D eigenvalue weighted by Gasteiger charge is -2.12. The molecule has 0 radical (unpaired) electrons. The highest BCUT2D eigenvalue weighted by atomic mass is 16.5. The Morgan fingerprint density at radius 3 is 2.48 bits per heavy atom. The van der Waals surface area contributed by atoms with E-state index >= 15 is 0 Å². The van der Waals surface area contributed by atoms with Crippen LogP contribution in [0.2, 0.25) is 0 Å². The molecule has 3 heteroatoms. The van der Waals surface area contributed by atoms with Crippen molar-refractivity contribution in [1.29, 1.82) is 0 Å². The average Bonchev–Trinajstić information content (AvgIpc) is 2.55. The second-order valence-corrected chi connectivity index (χ2v) is 5.13. The molecule has 0 atom stereocenters. The quantitative estimate of drug-likeness (QED) is 0.732. The molecule has 0 aliphatic heterocycles. The van der Waals surface area contributed by atoms with E-state index in [1.54, 1.807) is 7.11 Å². The second kappa shape index (κ2) is 5.83. The van der Waals surface area contributed by atoms with Crippen LogP contribution in [0.5, 0.6) is 5.75 Å². The maximum Gasteiger partial charge on any atom is 0.274 e. The van der Waals surface area contributed by atoms with E-state index < -0.39 is 0 Å². The molecule has 0 amide bonds. The van der Waals surface area contributed by atoms with Crippen LogP contribution in [-0.4, -0.2) is 14.2 Å². The molecule has 3 rings (SSSR count). The molecule has 106 valence electrons. The van der Waals surface area contributed by atoms with Crippen molar-refractivity contribution in [2.75, 3.05) is 19.1 Å². The van der Waals surface area contributed by atoms with Crippen molar-refractivity contribution in [3.8, 4) is 5.75 Å². The summed E-state index contributed by atoms with van der Waals surface area (Å²) in [5, 5.41) is 1.22. The molecule has 1 heterocycles. The standard InChI is InChI=1S/C18H18N2O/c1-20(13-14-7-10-16(21-2)11-8-14)18-12-9-15-5-3-4-6-17(15)19-18/h3-12H,13H2,1-2H3/p+1. The van der Waals surface area contributed by atoms with Crippen molar-refractivity contribution in [3.63, 3.8) is 0 Å². The minimum Gasteiger partial charge on any atom is -0.497 e. The van der Waals surface area contributed by atoms with E-state index in [1.165, 1.54) is 10.9 Å². The number of para-hydroxylation sites is 1. The number of nitrogens with one attached hydrogen (secondary N) is 1. The van der Waals surface area contributed by atoms with E-state index in [9.17, 15) is 0 Å². The van der Waals surface area contributed by atoms with Crippen molar-refractivity contribution in [1.82, 2.24) is 0 Å². The van der Waals surface area contributed by atoms with Gasteiger partial charge >= 0.3 is 0 Å². The van der Waals surface area contributed by atoms with Gasteiger partial charge in [-0.25, -0.2) is 4.98 Å². The van der Waals surface area contributed by atoms with Gasteiger partial charge in [-0.2, -0.15) is 0 Å². The van der Waals surface area contributed by atoms with E-state index in [2.05, 4.69) is 59.4 Å². The van der Waals surface area contributed by atoms with Gasteiger partial charge in [0.2, 0.25) is 0 Å². The van der Waals surface area contributed by atoms with Crippen molar-refractivity contribution in [3.05, 3.63) is 66.2 Å². The Bertz CT molecular complexity index is 738. The predicted octanol–water partition coefficient (Wildman–Crippen LogP) is 3.30. The minimum atomic E-state index is 0.846. The Labute approximate surface area is 124 Å². The van der Waals surface area contributed by atoms with Crippen molar-refractivity contribution < 1.29 is 9.72 Å². The molecule has 0 spiro atoms. The number of pyridine rings is 1. The Hall–Kier alpha value is -2.55. The topological polar surface area (TPSA) is 26.6 Å². The maximum atomic E-state index is 5.19. The van der Waals surface area contributed by atoms with Crippen LogP contribution in [0.25, 0.3) is 10.9 Å². The molecular formula is C18H19N2O+. The molecule has 1 N–H and O–H groups in total. The third-order valence-corrected chi connectivity index (χ3v) is 3.63. The fraction of sp³-hybridized carbons (Fsp3) is 0.167. The van der Waals surface area contributed by atoms with Gasteiger partial charge in [0, 0.05) is 11.5 Å². The summed E-state index contributed by atoms with van der Waals surface area (Å²) in [6.45, 7) is 0.846. The Kier molecular flexibility index (Phi) is 3.73. The molecule has 0 fully saturated rings. The van der Waals surface area contributed by atoms with E-state index in [0.29, 0.717) is 0 Å². The zero-order valence-corrected chi connectivity index (χ0v) is 12.3. The van der Waals surface area contributed by atoms with Crippen LogP contribution < -0.4 is 14.6 Å². The van der Waals surface area contributed by atoms with Gasteiger partial charge in [-0.15, -0.1) is 0 Å². The van der Waals surface area contributed by atoms with Gasteiger partial charge in [-0.1, -0.05) is 30.3 Å². The van der Waals surface area contributed by atoms with Crippen molar-refractivity contribution >= 4 is 16.7 Å². The Morgan fingerprint density at radius 2 is 1.71 bits per heavy atom. The summed E-state index contributed by atoms with van der Waals surface area (Å²) in [7, 11) is 3.77. The number of rotatable bonds is 4. The summed E-state index contributed by atoms with van der Waals surface area (Å²) >= 11 is 0. The Morgan fingerprint density at radius 1 is 0.952 bits per heavy atom. The average molecular weight is 279 g/mol. The lowest BCUT2D eigenvalue weighted by molar-refractivity contribution is -0.330. The van der Waals surface area contributed by atoms with Crippen LogP contribution in [0.4, 0.5) is 5.82 Å². The zero-order chi connectivity index (χ0) is 14.7. The van der Waals surface area contributed by atoms with Crippen LogP contribution >= 0.6 is 0 Å². The number of fused-ring (bicyclic) bond motifs is 1. The van der Waals surface area contributed by atoms with Crippen LogP contribution in [0.1, 0.15) is 5.56 Å². The molecule has 1 aromatic heterocycles. The van der Waals surface area contributed by atoms with Crippen LogP contribution in [0, 0.1) is 0 Å². The maximum absolute atomic E-state index is 5.19. The van der Waals surface area contributed by atoms with E-state index in [0.717, 1.165) is 23.6 Å². The normalized spacial score (nSPS) is 10.6. The molecule has 21 heavy (non-hydrogen) atoms. The highest BCUT2D eigenvalue weighted by Gasteiger charge is 2.11. The largest absolute Gasteiger partial charge is 0.497 e. The molecule has 0 saturated heterocycles. The summed E-state index contributed by atoms with van der Waals surface area (Å²) in [5.41, 5.74) is 2.40. The summed E-state index contributed by atoms with van der Waals surface area (Å²) < 4.78 is 5.19. The number of aromatic amines is 1. The highest BCUT2D eigenvalue weighted by molar-refractivity contribution is 5.76. The van der Waals surface area contributed by atoms with Gasteiger partial charge in [0.1, 0.15) is 17.8 Å². The number of hydrogen-bond donors (Lipinski definition) is 0. The molecule has 0 aliphatic rings. The number of H-pyrrole nitrogens is 1. The number of ether oxygens (including phenoxy) is 1. The second-order valence-electron chi connectivity index (χ2n) is 5.13. The van der Waals surface area contributed by atoms with E-state index in [-0.39, 0.29) is 0 Å². The summed E-state index contributed by atoms with van der Waals surface area (Å²) in [5.74, 6) is 1.99.